The quantitative estimate of drug-likeness (QED) is 0.704. The first kappa shape index (κ1) is 18.0. The molecule has 1 heterocycles. The van der Waals surface area contributed by atoms with Crippen LogP contribution in [0.4, 0.5) is 13.9 Å². The number of nitriles is 1. The number of benzene rings is 2. The Kier molecular flexibility index (Phi) is 4.96. The Morgan fingerprint density at radius 1 is 1.15 bits per heavy atom. The van der Waals surface area contributed by atoms with Gasteiger partial charge < -0.3 is 5.32 Å². The smallest absolute Gasteiger partial charge is 0.202 e. The van der Waals surface area contributed by atoms with E-state index in [0.29, 0.717) is 23.1 Å². The van der Waals surface area contributed by atoms with Gasteiger partial charge >= 0.3 is 0 Å². The maximum atomic E-state index is 13.4. The van der Waals surface area contributed by atoms with Crippen molar-refractivity contribution in [2.75, 3.05) is 11.9 Å². The molecule has 2 aromatic carbocycles. The lowest BCUT2D eigenvalue weighted by Crippen LogP contribution is -2.27. The van der Waals surface area contributed by atoms with E-state index in [9.17, 15) is 8.78 Å². The summed E-state index contributed by atoms with van der Waals surface area (Å²) in [6.45, 7) is 4.68. The molecule has 0 amide bonds. The highest BCUT2D eigenvalue weighted by Crippen LogP contribution is 2.26. The van der Waals surface area contributed by atoms with Crippen LogP contribution in [0, 0.1) is 23.0 Å². The summed E-state index contributed by atoms with van der Waals surface area (Å²) in [5.41, 5.74) is 1.33. The number of anilines is 1. The van der Waals surface area contributed by atoms with Crippen molar-refractivity contribution in [3.05, 3.63) is 65.2 Å². The molecule has 0 aliphatic carbocycles. The van der Waals surface area contributed by atoms with Gasteiger partial charge in [-0.3, -0.25) is 0 Å². The van der Waals surface area contributed by atoms with E-state index in [1.54, 1.807) is 18.2 Å². The molecule has 132 valence electrons. The fraction of sp³-hybridized carbons (Fsp3) is 0.211. The van der Waals surface area contributed by atoms with Gasteiger partial charge in [-0.15, -0.1) is 0 Å². The summed E-state index contributed by atoms with van der Waals surface area (Å²) in [5, 5.41) is 12.8. The van der Waals surface area contributed by atoms with Gasteiger partial charge in [0.2, 0.25) is 5.13 Å². The number of hydrogen-bond acceptors (Lipinski definition) is 5. The van der Waals surface area contributed by atoms with Crippen LogP contribution in [-0.4, -0.2) is 15.9 Å². The Morgan fingerprint density at radius 3 is 2.58 bits per heavy atom. The first-order valence-electron chi connectivity index (χ1n) is 7.93. The maximum Gasteiger partial charge on any atom is 0.202 e. The SMILES string of the molecule is CC(C)(CNc1nc(-c2ccc(F)c(C#N)c2)ns1)c1ccc(F)cc1. The summed E-state index contributed by atoms with van der Waals surface area (Å²) < 4.78 is 30.8. The molecule has 0 unspecified atom stereocenters. The molecule has 0 aliphatic rings. The van der Waals surface area contributed by atoms with E-state index in [-0.39, 0.29) is 16.8 Å². The number of rotatable bonds is 5. The molecule has 0 saturated heterocycles. The molecule has 0 aliphatic heterocycles. The summed E-state index contributed by atoms with van der Waals surface area (Å²) >= 11 is 1.19. The van der Waals surface area contributed by atoms with Crippen molar-refractivity contribution in [2.24, 2.45) is 0 Å². The van der Waals surface area contributed by atoms with Gasteiger partial charge in [-0.2, -0.15) is 14.6 Å². The van der Waals surface area contributed by atoms with Gasteiger partial charge in [-0.25, -0.2) is 8.78 Å². The molecule has 3 aromatic rings. The van der Waals surface area contributed by atoms with Gasteiger partial charge in [0, 0.05) is 29.1 Å². The van der Waals surface area contributed by atoms with Crippen molar-refractivity contribution in [1.29, 1.82) is 5.26 Å². The van der Waals surface area contributed by atoms with Crippen LogP contribution in [-0.2, 0) is 5.41 Å². The van der Waals surface area contributed by atoms with E-state index in [1.807, 2.05) is 19.9 Å². The zero-order valence-corrected chi connectivity index (χ0v) is 15.1. The van der Waals surface area contributed by atoms with Crippen LogP contribution in [0.25, 0.3) is 11.4 Å². The van der Waals surface area contributed by atoms with E-state index in [1.165, 1.54) is 35.8 Å². The van der Waals surface area contributed by atoms with Gasteiger partial charge in [0.15, 0.2) is 5.82 Å². The molecule has 0 bridgehead atoms. The molecule has 26 heavy (non-hydrogen) atoms. The third-order valence-corrected chi connectivity index (χ3v) is 4.75. The zero-order valence-electron chi connectivity index (χ0n) is 14.3. The van der Waals surface area contributed by atoms with Gasteiger partial charge in [0.1, 0.15) is 17.7 Å². The van der Waals surface area contributed by atoms with Crippen molar-refractivity contribution < 1.29 is 8.78 Å². The Bertz CT molecular complexity index is 958. The predicted octanol–water partition coefficient (Wildman–Crippen LogP) is 4.74. The Labute approximate surface area is 154 Å². The molecule has 0 spiro atoms. The lowest BCUT2D eigenvalue weighted by atomic mass is 9.85. The maximum absolute atomic E-state index is 13.4. The van der Waals surface area contributed by atoms with Crippen molar-refractivity contribution in [3.8, 4) is 17.5 Å². The van der Waals surface area contributed by atoms with Crippen LogP contribution in [0.5, 0.6) is 0 Å². The van der Waals surface area contributed by atoms with Crippen LogP contribution in [0.1, 0.15) is 25.0 Å². The topological polar surface area (TPSA) is 61.6 Å². The van der Waals surface area contributed by atoms with E-state index in [4.69, 9.17) is 5.26 Å². The molecular formula is C19H16F2N4S. The third kappa shape index (κ3) is 3.86. The number of aromatic nitrogens is 2. The fourth-order valence-electron chi connectivity index (χ4n) is 2.46. The van der Waals surface area contributed by atoms with Gasteiger partial charge in [0.05, 0.1) is 5.56 Å². The number of halogens is 2. The highest BCUT2D eigenvalue weighted by atomic mass is 32.1. The van der Waals surface area contributed by atoms with Crippen LogP contribution < -0.4 is 5.32 Å². The molecule has 0 fully saturated rings. The Morgan fingerprint density at radius 2 is 1.88 bits per heavy atom. The van der Waals surface area contributed by atoms with Crippen LogP contribution in [0.3, 0.4) is 0 Å². The summed E-state index contributed by atoms with van der Waals surface area (Å²) in [6.07, 6.45) is 0. The first-order chi connectivity index (χ1) is 12.4. The van der Waals surface area contributed by atoms with E-state index >= 15 is 0 Å². The first-order valence-corrected chi connectivity index (χ1v) is 8.70. The third-order valence-electron chi connectivity index (χ3n) is 4.08. The standard InChI is InChI=1S/C19H16F2N4S/c1-19(2,14-4-6-15(20)7-5-14)11-23-18-24-17(25-26-18)12-3-8-16(21)13(9-12)10-22/h3-9H,11H2,1-2H3,(H,23,24,25). The molecule has 0 radical (unpaired) electrons. The highest BCUT2D eigenvalue weighted by molar-refractivity contribution is 7.09. The summed E-state index contributed by atoms with van der Waals surface area (Å²) in [5.74, 6) is -0.387. The van der Waals surface area contributed by atoms with Crippen LogP contribution in [0.15, 0.2) is 42.5 Å². The number of hydrogen-bond donors (Lipinski definition) is 1. The second kappa shape index (κ2) is 7.18. The number of nitrogens with zero attached hydrogens (tertiary/aromatic N) is 3. The minimum atomic E-state index is -0.564. The van der Waals surface area contributed by atoms with Gasteiger partial charge in [-0.1, -0.05) is 26.0 Å². The largest absolute Gasteiger partial charge is 0.359 e. The van der Waals surface area contributed by atoms with Crippen LogP contribution >= 0.6 is 11.5 Å². The van der Waals surface area contributed by atoms with Crippen molar-refractivity contribution in [2.45, 2.75) is 19.3 Å². The molecule has 0 saturated carbocycles. The molecular weight excluding hydrogens is 354 g/mol. The fourth-order valence-corrected chi connectivity index (χ4v) is 3.05. The summed E-state index contributed by atoms with van der Waals surface area (Å²) in [4.78, 5) is 4.40. The summed E-state index contributed by atoms with van der Waals surface area (Å²) in [7, 11) is 0. The predicted molar refractivity (Wildman–Crippen MR) is 97.9 cm³/mol. The lowest BCUT2D eigenvalue weighted by Gasteiger charge is -2.25. The molecule has 7 heteroatoms. The highest BCUT2D eigenvalue weighted by Gasteiger charge is 2.21. The summed E-state index contributed by atoms with van der Waals surface area (Å²) in [6, 6.07) is 12.5. The minimum absolute atomic E-state index is 0.0377. The molecule has 0 atom stereocenters. The molecule has 1 N–H and O–H groups in total. The van der Waals surface area contributed by atoms with Crippen molar-refractivity contribution in [3.63, 3.8) is 0 Å². The molecule has 4 nitrogen and oxygen atoms in total. The lowest BCUT2D eigenvalue weighted by molar-refractivity contribution is 0.553. The number of nitrogens with one attached hydrogen (secondary N) is 1. The Hall–Kier alpha value is -2.85. The van der Waals surface area contributed by atoms with E-state index in [0.717, 1.165) is 5.56 Å². The minimum Gasteiger partial charge on any atom is -0.359 e. The second-order valence-corrected chi connectivity index (χ2v) is 7.23. The average Bonchev–Trinajstić information content (AvgIpc) is 3.10. The molecule has 3 rings (SSSR count). The average molecular weight is 370 g/mol. The zero-order chi connectivity index (χ0) is 18.7. The van der Waals surface area contributed by atoms with Crippen LogP contribution in [0.2, 0.25) is 0 Å². The van der Waals surface area contributed by atoms with Crippen molar-refractivity contribution in [1.82, 2.24) is 9.36 Å². The monoisotopic (exact) mass is 370 g/mol. The second-order valence-electron chi connectivity index (χ2n) is 6.47. The normalized spacial score (nSPS) is 11.2. The molecule has 1 aromatic heterocycles. The van der Waals surface area contributed by atoms with E-state index < -0.39 is 5.82 Å². The Balaban J connectivity index is 1.73. The van der Waals surface area contributed by atoms with Gasteiger partial charge in [0.25, 0.3) is 0 Å². The van der Waals surface area contributed by atoms with Crippen molar-refractivity contribution >= 4 is 16.7 Å². The van der Waals surface area contributed by atoms with Gasteiger partial charge in [-0.05, 0) is 35.9 Å². The van der Waals surface area contributed by atoms with E-state index in [2.05, 4.69) is 14.7 Å².